The molecule has 1 atom stereocenters. The van der Waals surface area contributed by atoms with Crippen molar-refractivity contribution in [2.45, 2.75) is 12.5 Å². The number of fused-ring (bicyclic) bond motifs is 1. The maximum absolute atomic E-state index is 11.7. The lowest BCUT2D eigenvalue weighted by Crippen LogP contribution is -2.24. The van der Waals surface area contributed by atoms with Crippen LogP contribution in [0.25, 0.3) is 11.2 Å². The van der Waals surface area contributed by atoms with Crippen LogP contribution in [0.2, 0.25) is 0 Å². The van der Waals surface area contributed by atoms with E-state index in [1.807, 2.05) is 0 Å². The molecule has 1 fully saturated rings. The van der Waals surface area contributed by atoms with Crippen molar-refractivity contribution in [1.29, 1.82) is 0 Å². The Kier molecular flexibility index (Phi) is 1.81. The van der Waals surface area contributed by atoms with E-state index < -0.39 is 0 Å². The maximum Gasteiger partial charge on any atom is 0.328 e. The molecule has 0 aromatic carbocycles. The van der Waals surface area contributed by atoms with Gasteiger partial charge in [0.15, 0.2) is 5.65 Å². The molecule has 2 N–H and O–H groups in total. The molecule has 78 valence electrons. The minimum Gasteiger partial charge on any atom is -0.315 e. The summed E-state index contributed by atoms with van der Waals surface area (Å²) in [6.07, 6.45) is 4.06. The van der Waals surface area contributed by atoms with Gasteiger partial charge >= 0.3 is 5.69 Å². The number of aromatic nitrogens is 4. The summed E-state index contributed by atoms with van der Waals surface area (Å²) < 4.78 is 1.72. The van der Waals surface area contributed by atoms with Crippen LogP contribution in [0.15, 0.2) is 17.3 Å². The quantitative estimate of drug-likeness (QED) is 0.667. The number of aromatic amines is 1. The first-order chi connectivity index (χ1) is 7.36. The molecule has 0 aliphatic carbocycles. The molecule has 0 amide bonds. The predicted octanol–water partition coefficient (Wildman–Crippen LogP) is -0.346. The van der Waals surface area contributed by atoms with Crippen molar-refractivity contribution in [3.8, 4) is 0 Å². The summed E-state index contributed by atoms with van der Waals surface area (Å²) in [5, 5.41) is 3.24. The molecular weight excluding hydrogens is 194 g/mol. The Hall–Kier alpha value is -1.69. The molecule has 1 unspecified atom stereocenters. The number of hydrogen-bond acceptors (Lipinski definition) is 4. The van der Waals surface area contributed by atoms with E-state index in [9.17, 15) is 4.79 Å². The van der Waals surface area contributed by atoms with Crippen molar-refractivity contribution in [2.75, 3.05) is 13.1 Å². The Balaban J connectivity index is 2.23. The van der Waals surface area contributed by atoms with Gasteiger partial charge in [0.1, 0.15) is 11.8 Å². The van der Waals surface area contributed by atoms with Crippen LogP contribution in [0, 0.1) is 0 Å². The Morgan fingerprint density at radius 2 is 2.47 bits per heavy atom. The van der Waals surface area contributed by atoms with Crippen LogP contribution in [-0.2, 0) is 0 Å². The molecule has 6 heteroatoms. The second kappa shape index (κ2) is 3.16. The molecule has 1 saturated heterocycles. The average molecular weight is 205 g/mol. The van der Waals surface area contributed by atoms with Crippen LogP contribution < -0.4 is 11.0 Å². The standard InChI is InChI=1S/C9H11N5O/c15-9-13-7-4-11-5-12-8(7)14(9)6-1-2-10-3-6/h4-6,10H,1-3H2,(H,13,15). The van der Waals surface area contributed by atoms with E-state index in [2.05, 4.69) is 20.3 Å². The minimum atomic E-state index is -0.0980. The third kappa shape index (κ3) is 1.25. The summed E-state index contributed by atoms with van der Waals surface area (Å²) in [5.41, 5.74) is 1.30. The van der Waals surface area contributed by atoms with Crippen molar-refractivity contribution in [2.24, 2.45) is 0 Å². The van der Waals surface area contributed by atoms with E-state index in [-0.39, 0.29) is 11.7 Å². The van der Waals surface area contributed by atoms with E-state index in [0.717, 1.165) is 19.5 Å². The monoisotopic (exact) mass is 205 g/mol. The highest BCUT2D eigenvalue weighted by atomic mass is 16.1. The minimum absolute atomic E-state index is 0.0980. The van der Waals surface area contributed by atoms with E-state index in [0.29, 0.717) is 11.2 Å². The molecule has 0 saturated carbocycles. The smallest absolute Gasteiger partial charge is 0.315 e. The second-order valence-electron chi connectivity index (χ2n) is 3.71. The lowest BCUT2D eigenvalue weighted by atomic mass is 10.2. The van der Waals surface area contributed by atoms with E-state index in [1.54, 1.807) is 10.8 Å². The lowest BCUT2D eigenvalue weighted by Gasteiger charge is -2.08. The fourth-order valence-electron chi connectivity index (χ4n) is 2.07. The Morgan fingerprint density at radius 3 is 3.27 bits per heavy atom. The van der Waals surface area contributed by atoms with Gasteiger partial charge in [0.25, 0.3) is 0 Å². The molecule has 6 nitrogen and oxygen atoms in total. The first kappa shape index (κ1) is 8.60. The number of H-pyrrole nitrogens is 1. The molecule has 0 radical (unpaired) electrons. The summed E-state index contributed by atoms with van der Waals surface area (Å²) >= 11 is 0. The molecule has 2 aromatic heterocycles. The zero-order chi connectivity index (χ0) is 10.3. The summed E-state index contributed by atoms with van der Waals surface area (Å²) in [4.78, 5) is 22.5. The highest BCUT2D eigenvalue weighted by Gasteiger charge is 2.21. The third-order valence-electron chi connectivity index (χ3n) is 2.78. The molecule has 15 heavy (non-hydrogen) atoms. The highest BCUT2D eigenvalue weighted by molar-refractivity contribution is 5.69. The van der Waals surface area contributed by atoms with Crippen LogP contribution in [-0.4, -0.2) is 32.6 Å². The van der Waals surface area contributed by atoms with Crippen molar-refractivity contribution < 1.29 is 0 Å². The number of nitrogens with one attached hydrogen (secondary N) is 2. The van der Waals surface area contributed by atoms with Crippen LogP contribution in [0.4, 0.5) is 0 Å². The fourth-order valence-corrected chi connectivity index (χ4v) is 2.07. The molecule has 3 rings (SSSR count). The fraction of sp³-hybridized carbons (Fsp3) is 0.444. The SMILES string of the molecule is O=c1[nH]c2cncnc2n1C1CCNC1. The van der Waals surface area contributed by atoms with Gasteiger partial charge in [0.05, 0.1) is 12.2 Å². The topological polar surface area (TPSA) is 75.6 Å². The van der Waals surface area contributed by atoms with Crippen molar-refractivity contribution in [3.63, 3.8) is 0 Å². The van der Waals surface area contributed by atoms with Gasteiger partial charge in [-0.2, -0.15) is 0 Å². The Bertz CT molecular complexity index is 537. The van der Waals surface area contributed by atoms with Crippen LogP contribution >= 0.6 is 0 Å². The number of imidazole rings is 1. The van der Waals surface area contributed by atoms with Gasteiger partial charge in [0.2, 0.25) is 0 Å². The largest absolute Gasteiger partial charge is 0.328 e. The maximum atomic E-state index is 11.7. The molecule has 0 spiro atoms. The molecule has 3 heterocycles. The summed E-state index contributed by atoms with van der Waals surface area (Å²) in [6.45, 7) is 1.78. The summed E-state index contributed by atoms with van der Waals surface area (Å²) in [7, 11) is 0. The van der Waals surface area contributed by atoms with Crippen LogP contribution in [0.1, 0.15) is 12.5 Å². The third-order valence-corrected chi connectivity index (χ3v) is 2.78. The van der Waals surface area contributed by atoms with Gasteiger partial charge in [-0.1, -0.05) is 0 Å². The van der Waals surface area contributed by atoms with Gasteiger partial charge in [0, 0.05) is 6.54 Å². The Morgan fingerprint density at radius 1 is 1.53 bits per heavy atom. The van der Waals surface area contributed by atoms with Crippen molar-refractivity contribution in [1.82, 2.24) is 24.8 Å². The van der Waals surface area contributed by atoms with Crippen LogP contribution in [0.3, 0.4) is 0 Å². The van der Waals surface area contributed by atoms with E-state index in [1.165, 1.54) is 6.33 Å². The average Bonchev–Trinajstić information content (AvgIpc) is 2.82. The van der Waals surface area contributed by atoms with Gasteiger partial charge in [-0.3, -0.25) is 4.57 Å². The van der Waals surface area contributed by atoms with Gasteiger partial charge in [-0.05, 0) is 13.0 Å². The van der Waals surface area contributed by atoms with Crippen molar-refractivity contribution >= 4 is 11.2 Å². The predicted molar refractivity (Wildman–Crippen MR) is 54.7 cm³/mol. The van der Waals surface area contributed by atoms with Gasteiger partial charge in [-0.25, -0.2) is 14.8 Å². The normalized spacial score (nSPS) is 21.2. The van der Waals surface area contributed by atoms with Gasteiger partial charge < -0.3 is 10.3 Å². The summed E-state index contributed by atoms with van der Waals surface area (Å²) in [6, 6.07) is 0.209. The number of hydrogen-bond donors (Lipinski definition) is 2. The first-order valence-electron chi connectivity index (χ1n) is 4.97. The molecule has 1 aliphatic heterocycles. The van der Waals surface area contributed by atoms with Gasteiger partial charge in [-0.15, -0.1) is 0 Å². The molecular formula is C9H11N5O. The number of nitrogens with zero attached hydrogens (tertiary/aromatic N) is 3. The zero-order valence-electron chi connectivity index (χ0n) is 8.10. The zero-order valence-corrected chi connectivity index (χ0v) is 8.10. The van der Waals surface area contributed by atoms with Crippen LogP contribution in [0.5, 0.6) is 0 Å². The highest BCUT2D eigenvalue weighted by Crippen LogP contribution is 2.16. The first-order valence-corrected chi connectivity index (χ1v) is 4.97. The van der Waals surface area contributed by atoms with E-state index >= 15 is 0 Å². The molecule has 1 aliphatic rings. The second-order valence-corrected chi connectivity index (χ2v) is 3.71. The number of rotatable bonds is 1. The molecule has 0 bridgehead atoms. The lowest BCUT2D eigenvalue weighted by molar-refractivity contribution is 0.542. The summed E-state index contributed by atoms with van der Waals surface area (Å²) in [5.74, 6) is 0. The van der Waals surface area contributed by atoms with Crippen molar-refractivity contribution in [3.05, 3.63) is 23.0 Å². The van der Waals surface area contributed by atoms with E-state index in [4.69, 9.17) is 0 Å². The molecule has 2 aromatic rings. The Labute approximate surface area is 85.4 Å².